The van der Waals surface area contributed by atoms with Crippen molar-refractivity contribution >= 4 is 11.4 Å². The first-order chi connectivity index (χ1) is 10.1. The van der Waals surface area contributed by atoms with Crippen molar-refractivity contribution in [3.05, 3.63) is 24.0 Å². The SMILES string of the molecule is CCCCCCCCNc1ccc(N(C)C(C)C)c(F)c1. The van der Waals surface area contributed by atoms with Gasteiger partial charge in [-0.15, -0.1) is 0 Å². The zero-order chi connectivity index (χ0) is 15.7. The van der Waals surface area contributed by atoms with Crippen LogP contribution in [-0.4, -0.2) is 19.6 Å². The quantitative estimate of drug-likeness (QED) is 0.578. The highest BCUT2D eigenvalue weighted by Crippen LogP contribution is 2.23. The summed E-state index contributed by atoms with van der Waals surface area (Å²) >= 11 is 0. The Morgan fingerprint density at radius 3 is 2.38 bits per heavy atom. The summed E-state index contributed by atoms with van der Waals surface area (Å²) < 4.78 is 14.1. The standard InChI is InChI=1S/C18H31FN2/c1-5-6-7-8-9-10-13-20-16-11-12-18(17(19)14-16)21(4)15(2)3/h11-12,14-15,20H,5-10,13H2,1-4H3. The number of rotatable bonds is 10. The van der Waals surface area contributed by atoms with E-state index in [0.29, 0.717) is 11.7 Å². The van der Waals surface area contributed by atoms with Crippen LogP contribution in [0.2, 0.25) is 0 Å². The summed E-state index contributed by atoms with van der Waals surface area (Å²) in [5.41, 5.74) is 1.54. The van der Waals surface area contributed by atoms with E-state index in [9.17, 15) is 4.39 Å². The third-order valence-corrected chi connectivity index (χ3v) is 3.96. The molecule has 1 aromatic carbocycles. The van der Waals surface area contributed by atoms with Crippen molar-refractivity contribution in [2.24, 2.45) is 0 Å². The Kier molecular flexibility index (Phi) is 8.17. The summed E-state index contributed by atoms with van der Waals surface area (Å²) in [6.07, 6.45) is 7.67. The van der Waals surface area contributed by atoms with E-state index < -0.39 is 0 Å². The van der Waals surface area contributed by atoms with Crippen molar-refractivity contribution in [2.75, 3.05) is 23.8 Å². The highest BCUT2D eigenvalue weighted by atomic mass is 19.1. The van der Waals surface area contributed by atoms with Gasteiger partial charge in [-0.05, 0) is 38.5 Å². The van der Waals surface area contributed by atoms with Crippen molar-refractivity contribution in [1.29, 1.82) is 0 Å². The Morgan fingerprint density at radius 1 is 1.10 bits per heavy atom. The third kappa shape index (κ3) is 6.36. The number of nitrogens with one attached hydrogen (secondary N) is 1. The Balaban J connectivity index is 2.35. The number of anilines is 2. The van der Waals surface area contributed by atoms with E-state index in [4.69, 9.17) is 0 Å². The first-order valence-electron chi connectivity index (χ1n) is 8.32. The minimum atomic E-state index is -0.154. The van der Waals surface area contributed by atoms with Crippen LogP contribution >= 0.6 is 0 Å². The molecule has 0 bridgehead atoms. The molecule has 0 fully saturated rings. The van der Waals surface area contributed by atoms with Crippen LogP contribution < -0.4 is 10.2 Å². The van der Waals surface area contributed by atoms with Gasteiger partial charge in [-0.1, -0.05) is 39.0 Å². The lowest BCUT2D eigenvalue weighted by molar-refractivity contribution is 0.611. The second-order valence-corrected chi connectivity index (χ2v) is 6.07. The monoisotopic (exact) mass is 294 g/mol. The maximum absolute atomic E-state index is 14.1. The molecule has 0 unspecified atom stereocenters. The Hall–Kier alpha value is -1.25. The van der Waals surface area contributed by atoms with Gasteiger partial charge in [0.1, 0.15) is 5.82 Å². The van der Waals surface area contributed by atoms with E-state index in [-0.39, 0.29) is 5.82 Å². The van der Waals surface area contributed by atoms with E-state index >= 15 is 0 Å². The first kappa shape index (κ1) is 17.8. The molecule has 0 atom stereocenters. The summed E-state index contributed by atoms with van der Waals surface area (Å²) in [4.78, 5) is 1.95. The summed E-state index contributed by atoms with van der Waals surface area (Å²) in [7, 11) is 1.92. The molecule has 21 heavy (non-hydrogen) atoms. The van der Waals surface area contributed by atoms with Crippen LogP contribution in [0.4, 0.5) is 15.8 Å². The topological polar surface area (TPSA) is 15.3 Å². The molecule has 120 valence electrons. The minimum Gasteiger partial charge on any atom is -0.385 e. The lowest BCUT2D eigenvalue weighted by atomic mass is 10.1. The molecule has 0 aliphatic rings. The van der Waals surface area contributed by atoms with Gasteiger partial charge in [0.25, 0.3) is 0 Å². The molecular formula is C18H31FN2. The van der Waals surface area contributed by atoms with Gasteiger partial charge in [0.05, 0.1) is 5.69 Å². The van der Waals surface area contributed by atoms with Crippen LogP contribution in [0.25, 0.3) is 0 Å². The van der Waals surface area contributed by atoms with Crippen LogP contribution in [-0.2, 0) is 0 Å². The second-order valence-electron chi connectivity index (χ2n) is 6.07. The van der Waals surface area contributed by atoms with Crippen LogP contribution in [0, 0.1) is 5.82 Å². The van der Waals surface area contributed by atoms with E-state index in [1.54, 1.807) is 6.07 Å². The second kappa shape index (κ2) is 9.64. The molecule has 0 amide bonds. The Bertz CT molecular complexity index is 404. The average molecular weight is 294 g/mol. The molecule has 3 heteroatoms. The Labute approximate surface area is 129 Å². The van der Waals surface area contributed by atoms with Crippen LogP contribution in [0.15, 0.2) is 18.2 Å². The van der Waals surface area contributed by atoms with Gasteiger partial charge in [-0.3, -0.25) is 0 Å². The van der Waals surface area contributed by atoms with Crippen LogP contribution in [0.3, 0.4) is 0 Å². The number of hydrogen-bond acceptors (Lipinski definition) is 2. The first-order valence-corrected chi connectivity index (χ1v) is 8.32. The average Bonchev–Trinajstić information content (AvgIpc) is 2.45. The van der Waals surface area contributed by atoms with Crippen molar-refractivity contribution in [2.45, 2.75) is 65.3 Å². The zero-order valence-corrected chi connectivity index (χ0v) is 14.1. The summed E-state index contributed by atoms with van der Waals surface area (Å²) in [6.45, 7) is 7.27. The molecule has 1 rings (SSSR count). The molecule has 0 spiro atoms. The summed E-state index contributed by atoms with van der Waals surface area (Å²) in [5.74, 6) is -0.154. The van der Waals surface area contributed by atoms with Gasteiger partial charge in [0.2, 0.25) is 0 Å². The molecule has 0 saturated heterocycles. The van der Waals surface area contributed by atoms with Crippen molar-refractivity contribution in [1.82, 2.24) is 0 Å². The number of halogens is 1. The van der Waals surface area contributed by atoms with Crippen molar-refractivity contribution < 1.29 is 4.39 Å². The van der Waals surface area contributed by atoms with Gasteiger partial charge >= 0.3 is 0 Å². The molecule has 0 radical (unpaired) electrons. The lowest BCUT2D eigenvalue weighted by Gasteiger charge is -2.24. The van der Waals surface area contributed by atoms with Gasteiger partial charge in [0, 0.05) is 25.3 Å². The van der Waals surface area contributed by atoms with Gasteiger partial charge in [-0.2, -0.15) is 0 Å². The lowest BCUT2D eigenvalue weighted by Crippen LogP contribution is -2.26. The van der Waals surface area contributed by atoms with Crippen LogP contribution in [0.5, 0.6) is 0 Å². The molecular weight excluding hydrogens is 263 g/mol. The molecule has 1 aromatic rings. The zero-order valence-electron chi connectivity index (χ0n) is 14.1. The van der Waals surface area contributed by atoms with Crippen LogP contribution in [0.1, 0.15) is 59.3 Å². The largest absolute Gasteiger partial charge is 0.385 e. The fourth-order valence-corrected chi connectivity index (χ4v) is 2.32. The maximum Gasteiger partial charge on any atom is 0.148 e. The number of hydrogen-bond donors (Lipinski definition) is 1. The van der Waals surface area contributed by atoms with Gasteiger partial charge < -0.3 is 10.2 Å². The fraction of sp³-hybridized carbons (Fsp3) is 0.667. The third-order valence-electron chi connectivity index (χ3n) is 3.96. The smallest absolute Gasteiger partial charge is 0.148 e. The number of nitrogens with zero attached hydrogens (tertiary/aromatic N) is 1. The minimum absolute atomic E-state index is 0.154. The molecule has 0 aliphatic carbocycles. The summed E-state index contributed by atoms with van der Waals surface area (Å²) in [5, 5.41) is 3.31. The molecule has 0 aliphatic heterocycles. The molecule has 0 aromatic heterocycles. The van der Waals surface area contributed by atoms with Crippen molar-refractivity contribution in [3.8, 4) is 0 Å². The predicted molar refractivity (Wildman–Crippen MR) is 91.8 cm³/mol. The van der Waals surface area contributed by atoms with Gasteiger partial charge in [0.15, 0.2) is 0 Å². The van der Waals surface area contributed by atoms with E-state index in [0.717, 1.165) is 18.7 Å². The normalized spacial score (nSPS) is 11.0. The molecule has 1 N–H and O–H groups in total. The molecule has 0 heterocycles. The maximum atomic E-state index is 14.1. The van der Waals surface area contributed by atoms with E-state index in [1.165, 1.54) is 32.1 Å². The highest BCUT2D eigenvalue weighted by molar-refractivity contribution is 5.56. The highest BCUT2D eigenvalue weighted by Gasteiger charge is 2.10. The van der Waals surface area contributed by atoms with E-state index in [1.807, 2.05) is 24.1 Å². The van der Waals surface area contributed by atoms with Gasteiger partial charge in [-0.25, -0.2) is 4.39 Å². The summed E-state index contributed by atoms with van der Waals surface area (Å²) in [6, 6.07) is 5.72. The molecule has 2 nitrogen and oxygen atoms in total. The number of benzene rings is 1. The fourth-order valence-electron chi connectivity index (χ4n) is 2.32. The Morgan fingerprint density at radius 2 is 1.76 bits per heavy atom. The van der Waals surface area contributed by atoms with Crippen molar-refractivity contribution in [3.63, 3.8) is 0 Å². The molecule has 0 saturated carbocycles. The predicted octanol–water partition coefficient (Wildman–Crippen LogP) is 5.44. The number of unbranched alkanes of at least 4 members (excludes halogenated alkanes) is 5. The van der Waals surface area contributed by atoms with E-state index in [2.05, 4.69) is 26.1 Å².